The Balaban J connectivity index is 2.34. The normalized spacial score (nSPS) is 12.1. The monoisotopic (exact) mass is 276 g/mol. The Bertz CT molecular complexity index is 561. The van der Waals surface area contributed by atoms with Crippen LogP contribution in [-0.4, -0.2) is 26.5 Å². The summed E-state index contributed by atoms with van der Waals surface area (Å²) in [6, 6.07) is 0. The highest BCUT2D eigenvalue weighted by atomic mass is 19.4. The third kappa shape index (κ3) is 2.92. The molecule has 0 atom stereocenters. The van der Waals surface area contributed by atoms with Gasteiger partial charge in [0.15, 0.2) is 5.69 Å². The molecule has 2 aromatic heterocycles. The zero-order valence-electron chi connectivity index (χ0n) is 10.2. The van der Waals surface area contributed by atoms with Crippen molar-refractivity contribution in [2.24, 2.45) is 7.05 Å². The van der Waals surface area contributed by atoms with Crippen molar-refractivity contribution in [2.75, 3.05) is 6.61 Å². The van der Waals surface area contributed by atoms with Gasteiger partial charge in [0, 0.05) is 19.9 Å². The smallest absolute Gasteiger partial charge is 0.372 e. The van der Waals surface area contributed by atoms with Crippen LogP contribution in [0.1, 0.15) is 18.5 Å². The van der Waals surface area contributed by atoms with E-state index >= 15 is 0 Å². The fraction of sp³-hybridized carbons (Fsp3) is 0.500. The maximum absolute atomic E-state index is 12.8. The van der Waals surface area contributed by atoms with Gasteiger partial charge in [-0.05, 0) is 6.92 Å². The molecule has 0 aliphatic rings. The number of aryl methyl sites for hydroxylation is 1. The minimum Gasteiger partial charge on any atom is -0.372 e. The summed E-state index contributed by atoms with van der Waals surface area (Å²) in [4.78, 5) is 3.85. The molecule has 0 N–H and O–H groups in total. The summed E-state index contributed by atoms with van der Waals surface area (Å²) in [6.45, 7) is 2.28. The summed E-state index contributed by atoms with van der Waals surface area (Å²) in [7, 11) is 1.39. The largest absolute Gasteiger partial charge is 0.435 e. The molecule has 0 aliphatic carbocycles. The summed E-state index contributed by atoms with van der Waals surface area (Å²) in [5, 5.41) is 6.88. The number of hydrogen-bond donors (Lipinski definition) is 0. The van der Waals surface area contributed by atoms with Crippen LogP contribution >= 0.6 is 0 Å². The van der Waals surface area contributed by atoms with Crippen LogP contribution in [0.15, 0.2) is 10.7 Å². The van der Waals surface area contributed by atoms with Crippen molar-refractivity contribution >= 4 is 0 Å². The molecule has 0 radical (unpaired) electrons. The molecule has 6 nitrogen and oxygen atoms in total. The van der Waals surface area contributed by atoms with Gasteiger partial charge in [-0.15, -0.1) is 0 Å². The molecule has 0 amide bonds. The Morgan fingerprint density at radius 2 is 2.16 bits per heavy atom. The summed E-state index contributed by atoms with van der Waals surface area (Å²) >= 11 is 0. The molecule has 0 unspecified atom stereocenters. The summed E-state index contributed by atoms with van der Waals surface area (Å²) < 4.78 is 49.2. The van der Waals surface area contributed by atoms with Gasteiger partial charge in [-0.2, -0.15) is 23.3 Å². The lowest BCUT2D eigenvalue weighted by molar-refractivity contribution is -0.141. The molecular weight excluding hydrogens is 265 g/mol. The van der Waals surface area contributed by atoms with Crippen molar-refractivity contribution in [3.05, 3.63) is 17.8 Å². The molecule has 104 valence electrons. The Morgan fingerprint density at radius 3 is 2.79 bits per heavy atom. The highest BCUT2D eigenvalue weighted by molar-refractivity contribution is 5.57. The predicted octanol–water partition coefficient (Wildman–Crippen LogP) is 2.03. The van der Waals surface area contributed by atoms with Crippen LogP contribution in [0.3, 0.4) is 0 Å². The molecule has 0 bridgehead atoms. The maximum atomic E-state index is 12.8. The summed E-state index contributed by atoms with van der Waals surface area (Å²) in [5.41, 5.74) is -1.26. The van der Waals surface area contributed by atoms with E-state index in [4.69, 9.17) is 9.26 Å². The van der Waals surface area contributed by atoms with Crippen molar-refractivity contribution in [3.8, 4) is 11.4 Å². The first-order chi connectivity index (χ1) is 8.91. The second-order valence-corrected chi connectivity index (χ2v) is 3.71. The Hall–Kier alpha value is -1.90. The third-order valence-corrected chi connectivity index (χ3v) is 2.24. The van der Waals surface area contributed by atoms with Crippen molar-refractivity contribution < 1.29 is 22.4 Å². The van der Waals surface area contributed by atoms with Crippen molar-refractivity contribution in [1.82, 2.24) is 19.9 Å². The highest BCUT2D eigenvalue weighted by Crippen LogP contribution is 2.34. The van der Waals surface area contributed by atoms with Gasteiger partial charge in [-0.25, -0.2) is 0 Å². The molecule has 0 fully saturated rings. The molecule has 0 spiro atoms. The topological polar surface area (TPSA) is 66.0 Å². The Labute approximate surface area is 106 Å². The van der Waals surface area contributed by atoms with Crippen LogP contribution < -0.4 is 0 Å². The average Bonchev–Trinajstić information content (AvgIpc) is 2.91. The number of alkyl halides is 3. The number of hydrogen-bond acceptors (Lipinski definition) is 5. The third-order valence-electron chi connectivity index (χ3n) is 2.24. The van der Waals surface area contributed by atoms with E-state index in [1.807, 2.05) is 0 Å². The first-order valence-electron chi connectivity index (χ1n) is 5.43. The molecule has 0 aliphatic heterocycles. The lowest BCUT2D eigenvalue weighted by Crippen LogP contribution is -2.08. The van der Waals surface area contributed by atoms with E-state index in [2.05, 4.69) is 15.2 Å². The van der Waals surface area contributed by atoms with Gasteiger partial charge >= 0.3 is 6.18 Å². The SMILES string of the molecule is CCOCc1nc(-c2cn(C)nc2C(F)(F)F)no1. The molecule has 0 aromatic carbocycles. The quantitative estimate of drug-likeness (QED) is 0.854. The zero-order chi connectivity index (χ0) is 14.0. The fourth-order valence-electron chi connectivity index (χ4n) is 1.47. The van der Waals surface area contributed by atoms with E-state index in [9.17, 15) is 13.2 Å². The summed E-state index contributed by atoms with van der Waals surface area (Å²) in [6.07, 6.45) is -3.38. The lowest BCUT2D eigenvalue weighted by atomic mass is 10.2. The minimum atomic E-state index is -4.57. The number of rotatable bonds is 4. The molecule has 2 aromatic rings. The van der Waals surface area contributed by atoms with E-state index in [-0.39, 0.29) is 23.9 Å². The van der Waals surface area contributed by atoms with E-state index in [0.717, 1.165) is 4.68 Å². The zero-order valence-corrected chi connectivity index (χ0v) is 10.2. The van der Waals surface area contributed by atoms with Gasteiger partial charge in [0.25, 0.3) is 5.89 Å². The standard InChI is InChI=1S/C10H11F3N4O2/c1-3-18-5-7-14-9(16-19-7)6-4-17(2)15-8(6)10(11,12)13/h4H,3,5H2,1-2H3. The molecule has 0 saturated heterocycles. The van der Waals surface area contributed by atoms with Crippen LogP contribution in [0.2, 0.25) is 0 Å². The van der Waals surface area contributed by atoms with Gasteiger partial charge in [0.05, 0.1) is 5.56 Å². The molecule has 0 saturated carbocycles. The molecule has 19 heavy (non-hydrogen) atoms. The van der Waals surface area contributed by atoms with Crippen LogP contribution in [0.25, 0.3) is 11.4 Å². The fourth-order valence-corrected chi connectivity index (χ4v) is 1.47. The summed E-state index contributed by atoms with van der Waals surface area (Å²) in [5.74, 6) is -0.0380. The van der Waals surface area contributed by atoms with Gasteiger partial charge in [-0.3, -0.25) is 4.68 Å². The number of aromatic nitrogens is 4. The molecular formula is C10H11F3N4O2. The maximum Gasteiger partial charge on any atom is 0.435 e. The first kappa shape index (κ1) is 13.5. The molecule has 9 heteroatoms. The average molecular weight is 276 g/mol. The van der Waals surface area contributed by atoms with Gasteiger partial charge in [0.1, 0.15) is 6.61 Å². The predicted molar refractivity (Wildman–Crippen MR) is 56.8 cm³/mol. The van der Waals surface area contributed by atoms with Crippen molar-refractivity contribution in [3.63, 3.8) is 0 Å². The van der Waals surface area contributed by atoms with Crippen molar-refractivity contribution in [2.45, 2.75) is 19.7 Å². The minimum absolute atomic E-state index is 0.0606. The van der Waals surface area contributed by atoms with Crippen LogP contribution in [0.5, 0.6) is 0 Å². The molecule has 2 rings (SSSR count). The van der Waals surface area contributed by atoms with E-state index in [0.29, 0.717) is 6.61 Å². The van der Waals surface area contributed by atoms with Gasteiger partial charge in [0.2, 0.25) is 5.82 Å². The van der Waals surface area contributed by atoms with E-state index < -0.39 is 11.9 Å². The second-order valence-electron chi connectivity index (χ2n) is 3.71. The van der Waals surface area contributed by atoms with Crippen LogP contribution in [0, 0.1) is 0 Å². The van der Waals surface area contributed by atoms with E-state index in [1.54, 1.807) is 6.92 Å². The van der Waals surface area contributed by atoms with Crippen LogP contribution in [-0.2, 0) is 24.6 Å². The van der Waals surface area contributed by atoms with Gasteiger partial charge < -0.3 is 9.26 Å². The second kappa shape index (κ2) is 5.00. The lowest BCUT2D eigenvalue weighted by Gasteiger charge is -2.02. The number of halogens is 3. The number of nitrogens with zero attached hydrogens (tertiary/aromatic N) is 4. The number of ether oxygens (including phenoxy) is 1. The Morgan fingerprint density at radius 1 is 1.42 bits per heavy atom. The Kier molecular flexibility index (Phi) is 3.56. The first-order valence-corrected chi connectivity index (χ1v) is 5.43. The highest BCUT2D eigenvalue weighted by Gasteiger charge is 2.38. The van der Waals surface area contributed by atoms with Crippen molar-refractivity contribution in [1.29, 1.82) is 0 Å². The van der Waals surface area contributed by atoms with Gasteiger partial charge in [-0.1, -0.05) is 5.16 Å². The van der Waals surface area contributed by atoms with E-state index in [1.165, 1.54) is 13.2 Å². The molecule has 2 heterocycles. The van der Waals surface area contributed by atoms with Crippen LogP contribution in [0.4, 0.5) is 13.2 Å².